The number of nitrogens with one attached hydrogen (secondary N) is 1. The van der Waals surface area contributed by atoms with Crippen LogP contribution in [0.3, 0.4) is 0 Å². The molecule has 0 aromatic heterocycles. The molecule has 140 valence electrons. The van der Waals surface area contributed by atoms with Crippen LogP contribution < -0.4 is 15.8 Å². The number of hydrogen-bond donors (Lipinski definition) is 3. The minimum atomic E-state index is -3.78. The van der Waals surface area contributed by atoms with E-state index in [1.54, 1.807) is 24.4 Å². The van der Waals surface area contributed by atoms with Crippen LogP contribution in [0.4, 0.5) is 18.9 Å². The van der Waals surface area contributed by atoms with E-state index in [1.165, 1.54) is 12.1 Å². The fraction of sp³-hybridized carbons (Fsp3) is 0.188. The molecule has 2 aromatic carbocycles. The highest BCUT2D eigenvalue weighted by atomic mass is 32.2. The number of halogens is 3. The lowest BCUT2D eigenvalue weighted by molar-refractivity contribution is -0.688. The minimum absolute atomic E-state index is 0.0270. The average molecular weight is 388 g/mol. The molecule has 2 rings (SSSR count). The van der Waals surface area contributed by atoms with Gasteiger partial charge in [-0.15, -0.1) is 0 Å². The first-order chi connectivity index (χ1) is 12.1. The van der Waals surface area contributed by atoms with E-state index in [0.29, 0.717) is 6.54 Å². The van der Waals surface area contributed by atoms with Gasteiger partial charge < -0.3 is 10.6 Å². The molecule has 5 N–H and O–H groups in total. The van der Waals surface area contributed by atoms with Gasteiger partial charge in [0.25, 0.3) is 5.91 Å². The predicted octanol–water partition coefficient (Wildman–Crippen LogP) is 0.842. The van der Waals surface area contributed by atoms with Crippen LogP contribution in [0.15, 0.2) is 41.3 Å². The number of quaternary nitrogens is 1. The van der Waals surface area contributed by atoms with Gasteiger partial charge in [0.2, 0.25) is 10.0 Å². The van der Waals surface area contributed by atoms with Gasteiger partial charge in [0, 0.05) is 5.56 Å². The van der Waals surface area contributed by atoms with Crippen LogP contribution in [0, 0.1) is 17.5 Å². The standard InChI is InChI=1S/C16H16F3N3O3S/c1-9(16(23)22-13-7-6-12(17)14(18)15(13)19)21-8-10-2-4-11(5-3-10)26(20,24)25/h2-7,9,21H,8H2,1H3,(H,22,23)(H2,20,24,25)/p+1/t9-/m0/s1. The number of nitrogens with two attached hydrogens (primary N) is 2. The van der Waals surface area contributed by atoms with Gasteiger partial charge in [-0.05, 0) is 31.2 Å². The molecule has 0 aliphatic heterocycles. The van der Waals surface area contributed by atoms with E-state index in [9.17, 15) is 26.4 Å². The van der Waals surface area contributed by atoms with Crippen LogP contribution in [0.5, 0.6) is 0 Å². The third-order valence-corrected chi connectivity index (χ3v) is 4.59. The molecule has 0 aliphatic carbocycles. The van der Waals surface area contributed by atoms with Crippen molar-refractivity contribution in [2.45, 2.75) is 24.4 Å². The number of carbonyl (C=O) groups excluding carboxylic acids is 1. The average Bonchev–Trinajstić information content (AvgIpc) is 2.59. The van der Waals surface area contributed by atoms with Gasteiger partial charge in [-0.2, -0.15) is 0 Å². The van der Waals surface area contributed by atoms with Crippen LogP contribution in [0.2, 0.25) is 0 Å². The molecular formula is C16H17F3N3O3S+. The van der Waals surface area contributed by atoms with E-state index in [-0.39, 0.29) is 4.90 Å². The van der Waals surface area contributed by atoms with Crippen LogP contribution in [0.1, 0.15) is 12.5 Å². The molecular weight excluding hydrogens is 371 g/mol. The lowest BCUT2D eigenvalue weighted by atomic mass is 10.2. The van der Waals surface area contributed by atoms with Gasteiger partial charge >= 0.3 is 0 Å². The molecule has 0 bridgehead atoms. The van der Waals surface area contributed by atoms with Crippen LogP contribution in [-0.2, 0) is 21.4 Å². The van der Waals surface area contributed by atoms with Crippen LogP contribution in [0.25, 0.3) is 0 Å². The molecule has 1 atom stereocenters. The molecule has 0 fully saturated rings. The summed E-state index contributed by atoms with van der Waals surface area (Å²) in [5.41, 5.74) is 0.280. The SMILES string of the molecule is C[C@H]([NH2+]Cc1ccc(S(N)(=O)=O)cc1)C(=O)Nc1ccc(F)c(F)c1F. The van der Waals surface area contributed by atoms with Crippen molar-refractivity contribution in [2.24, 2.45) is 5.14 Å². The first-order valence-electron chi connectivity index (χ1n) is 7.49. The topological polar surface area (TPSA) is 106 Å². The molecule has 2 aromatic rings. The highest BCUT2D eigenvalue weighted by Crippen LogP contribution is 2.19. The smallest absolute Gasteiger partial charge is 0.282 e. The van der Waals surface area contributed by atoms with Crippen LogP contribution in [-0.4, -0.2) is 20.4 Å². The molecule has 0 saturated heterocycles. The molecule has 0 unspecified atom stereocenters. The van der Waals surface area contributed by atoms with E-state index in [2.05, 4.69) is 5.32 Å². The molecule has 26 heavy (non-hydrogen) atoms. The van der Waals surface area contributed by atoms with Crippen molar-refractivity contribution in [3.8, 4) is 0 Å². The summed E-state index contributed by atoms with van der Waals surface area (Å²) in [5, 5.41) is 8.81. The Balaban J connectivity index is 1.96. The van der Waals surface area contributed by atoms with Crippen LogP contribution >= 0.6 is 0 Å². The Labute approximate surface area is 148 Å². The van der Waals surface area contributed by atoms with Crippen molar-refractivity contribution in [3.05, 3.63) is 59.4 Å². The van der Waals surface area contributed by atoms with E-state index < -0.39 is 45.1 Å². The zero-order valence-electron chi connectivity index (χ0n) is 13.7. The van der Waals surface area contributed by atoms with Crippen molar-refractivity contribution < 1.29 is 31.7 Å². The Kier molecular flexibility index (Phi) is 6.01. The number of primary sulfonamides is 1. The third kappa shape index (κ3) is 4.81. The molecule has 6 nitrogen and oxygen atoms in total. The van der Waals surface area contributed by atoms with Gasteiger partial charge in [0.05, 0.1) is 10.6 Å². The summed E-state index contributed by atoms with van der Waals surface area (Å²) in [6.07, 6.45) is 0. The van der Waals surface area contributed by atoms with Crippen molar-refractivity contribution in [3.63, 3.8) is 0 Å². The van der Waals surface area contributed by atoms with E-state index in [1.807, 2.05) is 0 Å². The number of rotatable bonds is 6. The summed E-state index contributed by atoms with van der Waals surface area (Å²) < 4.78 is 62.0. The summed E-state index contributed by atoms with van der Waals surface area (Å²) in [4.78, 5) is 12.0. The van der Waals surface area contributed by atoms with Crippen molar-refractivity contribution in [1.29, 1.82) is 0 Å². The summed E-state index contributed by atoms with van der Waals surface area (Å²) in [6.45, 7) is 1.88. The Hall–Kier alpha value is -2.43. The molecule has 0 aliphatic rings. The second-order valence-electron chi connectivity index (χ2n) is 5.63. The summed E-state index contributed by atoms with van der Waals surface area (Å²) >= 11 is 0. The van der Waals surface area contributed by atoms with Crippen molar-refractivity contribution in [1.82, 2.24) is 0 Å². The fourth-order valence-electron chi connectivity index (χ4n) is 2.10. The van der Waals surface area contributed by atoms with Gasteiger partial charge in [-0.25, -0.2) is 26.7 Å². The molecule has 10 heteroatoms. The largest absolute Gasteiger partial charge is 0.333 e. The van der Waals surface area contributed by atoms with E-state index >= 15 is 0 Å². The Bertz CT molecular complexity index is 918. The summed E-state index contributed by atoms with van der Waals surface area (Å²) in [6, 6.07) is 6.78. The number of benzene rings is 2. The van der Waals surface area contributed by atoms with E-state index in [4.69, 9.17) is 5.14 Å². The number of hydrogen-bond acceptors (Lipinski definition) is 3. The monoisotopic (exact) mass is 388 g/mol. The molecule has 0 saturated carbocycles. The normalized spacial score (nSPS) is 12.7. The molecule has 0 radical (unpaired) electrons. The second kappa shape index (κ2) is 7.85. The fourth-order valence-corrected chi connectivity index (χ4v) is 2.62. The minimum Gasteiger partial charge on any atom is -0.333 e. The zero-order chi connectivity index (χ0) is 19.5. The highest BCUT2D eigenvalue weighted by Gasteiger charge is 2.20. The first kappa shape index (κ1) is 19.9. The molecule has 1 amide bonds. The summed E-state index contributed by atoms with van der Waals surface area (Å²) in [7, 11) is -3.78. The number of sulfonamides is 1. The number of amides is 1. The maximum absolute atomic E-state index is 13.6. The predicted molar refractivity (Wildman–Crippen MR) is 87.9 cm³/mol. The lowest BCUT2D eigenvalue weighted by Crippen LogP contribution is -2.90. The number of carbonyl (C=O) groups is 1. The first-order valence-corrected chi connectivity index (χ1v) is 9.03. The quantitative estimate of drug-likeness (QED) is 0.639. The van der Waals surface area contributed by atoms with E-state index in [0.717, 1.165) is 17.7 Å². The maximum Gasteiger partial charge on any atom is 0.282 e. The lowest BCUT2D eigenvalue weighted by Gasteiger charge is -2.12. The Morgan fingerprint density at radius 3 is 2.31 bits per heavy atom. The van der Waals surface area contributed by atoms with Gasteiger partial charge in [-0.3, -0.25) is 4.79 Å². The Morgan fingerprint density at radius 2 is 1.73 bits per heavy atom. The zero-order valence-corrected chi connectivity index (χ0v) is 14.5. The van der Waals surface area contributed by atoms with Gasteiger partial charge in [0.15, 0.2) is 23.5 Å². The number of anilines is 1. The molecule has 0 spiro atoms. The third-order valence-electron chi connectivity index (χ3n) is 3.67. The Morgan fingerprint density at radius 1 is 1.12 bits per heavy atom. The van der Waals surface area contributed by atoms with Gasteiger partial charge in [0.1, 0.15) is 6.54 Å². The summed E-state index contributed by atoms with van der Waals surface area (Å²) in [5.74, 6) is -5.07. The van der Waals surface area contributed by atoms with Crippen molar-refractivity contribution >= 4 is 21.6 Å². The highest BCUT2D eigenvalue weighted by molar-refractivity contribution is 7.89. The molecule has 0 heterocycles. The second-order valence-corrected chi connectivity index (χ2v) is 7.19. The maximum atomic E-state index is 13.6. The van der Waals surface area contributed by atoms with Gasteiger partial charge in [-0.1, -0.05) is 12.1 Å². The van der Waals surface area contributed by atoms with Crippen molar-refractivity contribution in [2.75, 3.05) is 5.32 Å².